The third-order valence-corrected chi connectivity index (χ3v) is 5.30. The van der Waals surface area contributed by atoms with E-state index < -0.39 is 0 Å². The van der Waals surface area contributed by atoms with E-state index in [2.05, 4.69) is 11.6 Å². The molecule has 0 bridgehead atoms. The van der Waals surface area contributed by atoms with E-state index in [1.807, 2.05) is 24.3 Å². The summed E-state index contributed by atoms with van der Waals surface area (Å²) in [5.41, 5.74) is 2.51. The monoisotopic (exact) mass is 437 g/mol. The Labute approximate surface area is 191 Å². The molecule has 0 fully saturated rings. The fraction of sp³-hybridized carbons (Fsp3) is 0.444. The van der Waals surface area contributed by atoms with E-state index in [9.17, 15) is 9.59 Å². The van der Waals surface area contributed by atoms with E-state index >= 15 is 0 Å². The van der Waals surface area contributed by atoms with Crippen LogP contribution in [0.25, 0.3) is 11.3 Å². The van der Waals surface area contributed by atoms with Gasteiger partial charge < -0.3 is 9.47 Å². The van der Waals surface area contributed by atoms with Crippen molar-refractivity contribution in [2.45, 2.75) is 64.2 Å². The molecule has 1 aromatic heterocycles. The summed E-state index contributed by atoms with van der Waals surface area (Å²) in [6.07, 6.45) is 15.6. The van der Waals surface area contributed by atoms with Crippen molar-refractivity contribution in [3.8, 4) is 17.0 Å². The molecule has 172 valence electrons. The normalized spacial score (nSPS) is 10.5. The molecule has 0 N–H and O–H groups in total. The van der Waals surface area contributed by atoms with Crippen molar-refractivity contribution >= 4 is 12.3 Å². The molecular weight excluding hydrogens is 402 g/mol. The van der Waals surface area contributed by atoms with Gasteiger partial charge in [-0.15, -0.1) is 0 Å². The van der Waals surface area contributed by atoms with Gasteiger partial charge >= 0.3 is 5.97 Å². The van der Waals surface area contributed by atoms with E-state index in [1.165, 1.54) is 51.0 Å². The first kappa shape index (κ1) is 25.3. The van der Waals surface area contributed by atoms with Crippen LogP contribution in [0.15, 0.2) is 55.3 Å². The van der Waals surface area contributed by atoms with Gasteiger partial charge in [0.15, 0.2) is 0 Å². The molecule has 0 saturated carbocycles. The largest absolute Gasteiger partial charge is 0.492 e. The van der Waals surface area contributed by atoms with Gasteiger partial charge in [-0.25, -0.2) is 4.79 Å². The van der Waals surface area contributed by atoms with Crippen molar-refractivity contribution in [1.82, 2.24) is 4.98 Å². The lowest BCUT2D eigenvalue weighted by Crippen LogP contribution is -2.01. The summed E-state index contributed by atoms with van der Waals surface area (Å²) in [5.74, 6) is 0.460. The number of nitrogens with zero attached hydrogens (tertiary/aromatic N) is 1. The molecule has 0 spiro atoms. The summed E-state index contributed by atoms with van der Waals surface area (Å²) in [7, 11) is 0. The van der Waals surface area contributed by atoms with E-state index in [0.717, 1.165) is 42.6 Å². The first-order valence-electron chi connectivity index (χ1n) is 11.7. The molecule has 1 aromatic carbocycles. The number of benzene rings is 1. The number of esters is 1. The summed E-state index contributed by atoms with van der Waals surface area (Å²) < 4.78 is 10.8. The lowest BCUT2D eigenvalue weighted by atomic mass is 10.1. The molecule has 1 heterocycles. The highest BCUT2D eigenvalue weighted by molar-refractivity contribution is 5.81. The zero-order valence-electron chi connectivity index (χ0n) is 19.0. The second kappa shape index (κ2) is 15.8. The minimum absolute atomic E-state index is 0.330. The van der Waals surface area contributed by atoms with Gasteiger partial charge in [0.2, 0.25) is 0 Å². The van der Waals surface area contributed by atoms with Crippen LogP contribution in [0.3, 0.4) is 0 Å². The standard InChI is InChI=1S/C27H35NO4/c1-2-27(30)32-20-12-10-8-6-4-3-5-7-9-11-19-31-25-17-18-26(28-21-25)24-15-13-23(22-29)14-16-24/h2,13-18,21-22H,1,3-12,19-20H2. The zero-order valence-corrected chi connectivity index (χ0v) is 19.0. The molecule has 0 saturated heterocycles. The molecule has 0 aliphatic heterocycles. The number of hydrogen-bond acceptors (Lipinski definition) is 5. The Kier molecular flexibility index (Phi) is 12.5. The molecule has 2 rings (SSSR count). The summed E-state index contributed by atoms with van der Waals surface area (Å²) in [5, 5.41) is 0. The van der Waals surface area contributed by atoms with Gasteiger partial charge in [-0.2, -0.15) is 0 Å². The second-order valence-electron chi connectivity index (χ2n) is 7.87. The summed E-state index contributed by atoms with van der Waals surface area (Å²) in [6.45, 7) is 4.60. The van der Waals surface area contributed by atoms with Crippen LogP contribution < -0.4 is 4.74 Å². The Hall–Kier alpha value is -2.95. The molecule has 5 heteroatoms. The highest BCUT2D eigenvalue weighted by atomic mass is 16.5. The smallest absolute Gasteiger partial charge is 0.330 e. The molecule has 0 radical (unpaired) electrons. The van der Waals surface area contributed by atoms with Gasteiger partial charge in [-0.3, -0.25) is 9.78 Å². The Morgan fingerprint density at radius 3 is 1.94 bits per heavy atom. The number of aldehydes is 1. The average molecular weight is 438 g/mol. The number of hydrogen-bond donors (Lipinski definition) is 0. The molecule has 0 aliphatic carbocycles. The summed E-state index contributed by atoms with van der Waals surface area (Å²) >= 11 is 0. The van der Waals surface area contributed by atoms with E-state index in [0.29, 0.717) is 18.8 Å². The molecule has 0 atom stereocenters. The molecule has 0 aliphatic rings. The molecule has 5 nitrogen and oxygen atoms in total. The van der Waals surface area contributed by atoms with Crippen molar-refractivity contribution in [2.75, 3.05) is 13.2 Å². The molecule has 32 heavy (non-hydrogen) atoms. The number of ether oxygens (including phenoxy) is 2. The third kappa shape index (κ3) is 10.4. The van der Waals surface area contributed by atoms with Crippen LogP contribution in [0, 0.1) is 0 Å². The molecule has 0 unspecified atom stereocenters. The van der Waals surface area contributed by atoms with Crippen LogP contribution >= 0.6 is 0 Å². The van der Waals surface area contributed by atoms with Crippen LogP contribution in [-0.4, -0.2) is 30.5 Å². The zero-order chi connectivity index (χ0) is 22.9. The first-order valence-corrected chi connectivity index (χ1v) is 11.7. The van der Waals surface area contributed by atoms with E-state index in [-0.39, 0.29) is 5.97 Å². The number of carbonyl (C=O) groups is 2. The van der Waals surface area contributed by atoms with Crippen LogP contribution in [0.2, 0.25) is 0 Å². The number of rotatable bonds is 17. The third-order valence-electron chi connectivity index (χ3n) is 5.30. The lowest BCUT2D eigenvalue weighted by Gasteiger charge is -2.07. The van der Waals surface area contributed by atoms with Crippen LogP contribution in [-0.2, 0) is 9.53 Å². The topological polar surface area (TPSA) is 65.5 Å². The average Bonchev–Trinajstić information content (AvgIpc) is 2.84. The molecule has 0 amide bonds. The van der Waals surface area contributed by atoms with Crippen molar-refractivity contribution < 1.29 is 19.1 Å². The Balaban J connectivity index is 1.44. The maximum Gasteiger partial charge on any atom is 0.330 e. The molecule has 2 aromatic rings. The lowest BCUT2D eigenvalue weighted by molar-refractivity contribution is -0.137. The molecular formula is C27H35NO4. The SMILES string of the molecule is C=CC(=O)OCCCCCCCCCCCCOc1ccc(-c2ccc(C=O)cc2)nc1. The Morgan fingerprint density at radius 2 is 1.41 bits per heavy atom. The quantitative estimate of drug-likeness (QED) is 0.121. The predicted molar refractivity (Wildman–Crippen MR) is 128 cm³/mol. The van der Waals surface area contributed by atoms with Gasteiger partial charge in [0, 0.05) is 17.2 Å². The maximum atomic E-state index is 10.9. The van der Waals surface area contributed by atoms with Crippen molar-refractivity contribution in [3.05, 3.63) is 60.8 Å². The van der Waals surface area contributed by atoms with Crippen LogP contribution in [0.5, 0.6) is 5.75 Å². The van der Waals surface area contributed by atoms with Crippen molar-refractivity contribution in [2.24, 2.45) is 0 Å². The van der Waals surface area contributed by atoms with Crippen LogP contribution in [0.1, 0.15) is 74.6 Å². The van der Waals surface area contributed by atoms with E-state index in [4.69, 9.17) is 9.47 Å². The summed E-state index contributed by atoms with van der Waals surface area (Å²) in [6, 6.07) is 11.3. The number of carbonyl (C=O) groups excluding carboxylic acids is 2. The fourth-order valence-corrected chi connectivity index (χ4v) is 3.41. The minimum atomic E-state index is -0.330. The van der Waals surface area contributed by atoms with Gasteiger partial charge in [-0.05, 0) is 25.0 Å². The number of unbranched alkanes of at least 4 members (excludes halogenated alkanes) is 9. The van der Waals surface area contributed by atoms with Gasteiger partial charge in [0.25, 0.3) is 0 Å². The van der Waals surface area contributed by atoms with Gasteiger partial charge in [0.05, 0.1) is 25.1 Å². The second-order valence-corrected chi connectivity index (χ2v) is 7.87. The fourth-order valence-electron chi connectivity index (χ4n) is 3.41. The van der Waals surface area contributed by atoms with Gasteiger partial charge in [0.1, 0.15) is 12.0 Å². The summed E-state index contributed by atoms with van der Waals surface area (Å²) in [4.78, 5) is 26.1. The van der Waals surface area contributed by atoms with Crippen LogP contribution in [0.4, 0.5) is 0 Å². The van der Waals surface area contributed by atoms with Crippen molar-refractivity contribution in [1.29, 1.82) is 0 Å². The Morgan fingerprint density at radius 1 is 0.812 bits per heavy atom. The maximum absolute atomic E-state index is 10.9. The van der Waals surface area contributed by atoms with Crippen molar-refractivity contribution in [3.63, 3.8) is 0 Å². The Bertz CT molecular complexity index is 799. The van der Waals surface area contributed by atoms with Gasteiger partial charge in [-0.1, -0.05) is 82.2 Å². The highest BCUT2D eigenvalue weighted by Crippen LogP contribution is 2.20. The first-order chi connectivity index (χ1) is 15.7. The highest BCUT2D eigenvalue weighted by Gasteiger charge is 2.01. The minimum Gasteiger partial charge on any atom is -0.492 e. The van der Waals surface area contributed by atoms with E-state index in [1.54, 1.807) is 18.3 Å². The predicted octanol–water partition coefficient (Wildman–Crippen LogP) is 6.57. The number of pyridine rings is 1. The number of aromatic nitrogens is 1.